The molecule has 3 aliphatic rings. The number of hydrogen-bond donors (Lipinski definition) is 2. The monoisotopic (exact) mass is 589 g/mol. The van der Waals surface area contributed by atoms with E-state index in [2.05, 4.69) is 18.3 Å². The molecule has 13 heteroatoms. The third-order valence-corrected chi connectivity index (χ3v) is 9.24. The second-order valence-electron chi connectivity index (χ2n) is 10.5. The molecule has 2 saturated heterocycles. The van der Waals surface area contributed by atoms with Gasteiger partial charge in [-0.1, -0.05) is 32.2 Å². The minimum absolute atomic E-state index is 0.00874. The van der Waals surface area contributed by atoms with Crippen molar-refractivity contribution in [2.45, 2.75) is 50.3 Å². The molecule has 224 valence electrons. The van der Waals surface area contributed by atoms with E-state index in [4.69, 9.17) is 9.47 Å². The highest BCUT2D eigenvalue weighted by Crippen LogP contribution is 2.52. The van der Waals surface area contributed by atoms with Gasteiger partial charge in [0.25, 0.3) is 0 Å². The van der Waals surface area contributed by atoms with Crippen molar-refractivity contribution in [2.75, 3.05) is 44.9 Å². The molecule has 2 fully saturated rings. The van der Waals surface area contributed by atoms with Gasteiger partial charge in [0.05, 0.1) is 43.5 Å². The van der Waals surface area contributed by atoms with E-state index in [-0.39, 0.29) is 54.7 Å². The molecule has 3 aliphatic heterocycles. The van der Waals surface area contributed by atoms with E-state index in [9.17, 15) is 24.6 Å². The molecule has 0 bridgehead atoms. The van der Waals surface area contributed by atoms with Gasteiger partial charge >= 0.3 is 12.1 Å². The predicted octanol–water partition coefficient (Wildman–Crippen LogP) is 1.61. The van der Waals surface area contributed by atoms with Crippen LogP contribution < -0.4 is 4.90 Å². The molecule has 0 saturated carbocycles. The van der Waals surface area contributed by atoms with Crippen molar-refractivity contribution < 1.29 is 34.1 Å². The maximum atomic E-state index is 13.1. The normalized spacial score (nSPS) is 26.0. The number of hydrogen-bond acceptors (Lipinski definition) is 10. The van der Waals surface area contributed by atoms with E-state index >= 15 is 0 Å². The molecule has 1 aromatic rings. The van der Waals surface area contributed by atoms with Gasteiger partial charge in [0, 0.05) is 42.3 Å². The number of rotatable bonds is 13. The highest BCUT2D eigenvalue weighted by Gasteiger charge is 2.60. The molecule has 1 aromatic heterocycles. The Bertz CT molecular complexity index is 1200. The summed E-state index contributed by atoms with van der Waals surface area (Å²) in [6.45, 7) is 12.0. The van der Waals surface area contributed by atoms with Crippen LogP contribution in [-0.4, -0.2) is 111 Å². The summed E-state index contributed by atoms with van der Waals surface area (Å²) in [5, 5.41) is 23.8. The molecule has 2 amide bonds. The van der Waals surface area contributed by atoms with E-state index < -0.39 is 24.1 Å². The number of carbonyl (C=O) groups excluding carboxylic acids is 3. The van der Waals surface area contributed by atoms with E-state index in [0.29, 0.717) is 26.1 Å². The van der Waals surface area contributed by atoms with Crippen molar-refractivity contribution in [3.8, 4) is 0 Å². The number of β-lactam (4-membered cyclic amide) rings is 1. The predicted molar refractivity (Wildman–Crippen MR) is 154 cm³/mol. The highest BCUT2D eigenvalue weighted by molar-refractivity contribution is 8.03. The number of amides is 2. The van der Waals surface area contributed by atoms with Crippen LogP contribution in [0.15, 0.2) is 48.2 Å². The Morgan fingerprint density at radius 1 is 1.29 bits per heavy atom. The smallest absolute Gasteiger partial charge is 0.410 e. The number of aromatic nitrogens is 2. The van der Waals surface area contributed by atoms with Crippen LogP contribution in [0.1, 0.15) is 20.3 Å². The van der Waals surface area contributed by atoms with Crippen LogP contribution in [0.4, 0.5) is 10.6 Å². The summed E-state index contributed by atoms with van der Waals surface area (Å²) in [6, 6.07) is 1.30. The maximum Gasteiger partial charge on any atom is 0.410 e. The van der Waals surface area contributed by atoms with Gasteiger partial charge in [-0.3, -0.25) is 4.79 Å². The first kappa shape index (κ1) is 30.7. The van der Waals surface area contributed by atoms with Crippen LogP contribution in [0.5, 0.6) is 0 Å². The molecule has 0 spiro atoms. The topological polar surface area (TPSA) is 138 Å². The zero-order valence-corrected chi connectivity index (χ0v) is 24.5. The first-order valence-electron chi connectivity index (χ1n) is 13.7. The Kier molecular flexibility index (Phi) is 9.82. The van der Waals surface area contributed by atoms with Crippen LogP contribution in [0.25, 0.3) is 0 Å². The zero-order valence-electron chi connectivity index (χ0n) is 23.7. The average molecular weight is 590 g/mol. The van der Waals surface area contributed by atoms with Crippen molar-refractivity contribution in [1.82, 2.24) is 19.6 Å². The van der Waals surface area contributed by atoms with Crippen LogP contribution in [0.3, 0.4) is 0 Å². The van der Waals surface area contributed by atoms with Crippen molar-refractivity contribution in [2.24, 2.45) is 11.8 Å². The SMILES string of the molecule is C=CCOC(=O)C1=C(S[C@H]2C[C@@H](CN(C)c3ccnn3CCO)N(C(=O)OCC=C)C2)[C@H](C)[C@@H]2[C@@H]([C@@H](C)O)C(=O)N12. The molecule has 2 N–H and O–H groups in total. The summed E-state index contributed by atoms with van der Waals surface area (Å²) in [6.07, 6.45) is 3.95. The van der Waals surface area contributed by atoms with Gasteiger partial charge in [-0.15, -0.1) is 11.8 Å². The van der Waals surface area contributed by atoms with Crippen LogP contribution in [0.2, 0.25) is 0 Å². The van der Waals surface area contributed by atoms with Gasteiger partial charge < -0.3 is 34.4 Å². The number of ether oxygens (including phenoxy) is 2. The van der Waals surface area contributed by atoms with E-state index in [1.807, 2.05) is 24.9 Å². The fourth-order valence-corrected chi connectivity index (χ4v) is 7.51. The number of anilines is 1. The second-order valence-corrected chi connectivity index (χ2v) is 11.9. The molecule has 4 heterocycles. The molecule has 0 unspecified atom stereocenters. The van der Waals surface area contributed by atoms with Crippen molar-refractivity contribution >= 4 is 35.5 Å². The molecular formula is C28H39N5O7S. The Balaban J connectivity index is 1.58. The molecule has 0 aliphatic carbocycles. The summed E-state index contributed by atoms with van der Waals surface area (Å²) >= 11 is 1.48. The number of nitrogens with zero attached hydrogens (tertiary/aromatic N) is 5. The minimum Gasteiger partial charge on any atom is -0.457 e. The molecule has 12 nitrogen and oxygen atoms in total. The number of likely N-dealkylation sites (N-methyl/N-ethyl adjacent to an activating group) is 1. The third kappa shape index (κ3) is 6.02. The fourth-order valence-electron chi connectivity index (χ4n) is 5.95. The van der Waals surface area contributed by atoms with Crippen LogP contribution in [0, 0.1) is 11.8 Å². The largest absolute Gasteiger partial charge is 0.457 e. The number of thioether (sulfide) groups is 1. The lowest BCUT2D eigenvalue weighted by Crippen LogP contribution is -2.63. The van der Waals surface area contributed by atoms with Gasteiger partial charge in [-0.05, 0) is 13.3 Å². The Hall–Kier alpha value is -3.29. The second kappa shape index (κ2) is 13.1. The number of likely N-dealkylation sites (tertiary alicyclic amines) is 1. The lowest BCUT2D eigenvalue weighted by atomic mass is 9.79. The standard InChI is InChI=1S/C28H39N5O7S/c1-6-12-39-27(37)24-25(17(3)23-22(18(4)35)26(36)33(23)24)41-20-14-19(31(16-20)28(38)40-13-7-2)15-30(5)21-8-9-29-32(21)10-11-34/h6-9,17-20,22-23,34-35H,1-2,10-16H2,3-5H3/t17-,18-,19+,20+,22-,23-/m1/s1. The van der Waals surface area contributed by atoms with Crippen LogP contribution >= 0.6 is 11.8 Å². The lowest BCUT2D eigenvalue weighted by molar-refractivity contribution is -0.164. The van der Waals surface area contributed by atoms with Gasteiger partial charge in [0.15, 0.2) is 0 Å². The molecule has 41 heavy (non-hydrogen) atoms. The number of aliphatic hydroxyl groups excluding tert-OH is 2. The fraction of sp³-hybridized carbons (Fsp3) is 0.571. The Labute approximate surface area is 244 Å². The van der Waals surface area contributed by atoms with Crippen LogP contribution in [-0.2, 0) is 25.6 Å². The van der Waals surface area contributed by atoms with Gasteiger partial charge in [0.2, 0.25) is 5.91 Å². The summed E-state index contributed by atoms with van der Waals surface area (Å²) in [7, 11) is 1.90. The van der Waals surface area contributed by atoms with E-state index in [0.717, 1.165) is 10.7 Å². The van der Waals surface area contributed by atoms with Crippen molar-refractivity contribution in [1.29, 1.82) is 0 Å². The Morgan fingerprint density at radius 3 is 2.66 bits per heavy atom. The van der Waals surface area contributed by atoms with E-state index in [1.54, 1.807) is 22.7 Å². The summed E-state index contributed by atoms with van der Waals surface area (Å²) in [5.41, 5.74) is 0.213. The number of fused-ring (bicyclic) bond motifs is 1. The Morgan fingerprint density at radius 2 is 2.00 bits per heavy atom. The quantitative estimate of drug-likeness (QED) is 0.198. The van der Waals surface area contributed by atoms with Gasteiger partial charge in [-0.2, -0.15) is 5.10 Å². The molecule has 0 aromatic carbocycles. The van der Waals surface area contributed by atoms with Crippen molar-refractivity contribution in [3.63, 3.8) is 0 Å². The average Bonchev–Trinajstić information content (AvgIpc) is 3.62. The number of carbonyl (C=O) groups is 3. The first-order valence-corrected chi connectivity index (χ1v) is 14.6. The summed E-state index contributed by atoms with van der Waals surface area (Å²) < 4.78 is 12.5. The summed E-state index contributed by atoms with van der Waals surface area (Å²) in [4.78, 5) is 45.1. The molecule has 6 atom stereocenters. The zero-order chi connectivity index (χ0) is 29.8. The lowest BCUT2D eigenvalue weighted by Gasteiger charge is -2.46. The number of esters is 1. The molecule has 0 radical (unpaired) electrons. The van der Waals surface area contributed by atoms with Crippen molar-refractivity contribution in [3.05, 3.63) is 48.2 Å². The highest BCUT2D eigenvalue weighted by atomic mass is 32.2. The summed E-state index contributed by atoms with van der Waals surface area (Å²) in [5.74, 6) is -0.879. The minimum atomic E-state index is -0.846. The van der Waals surface area contributed by atoms with Gasteiger partial charge in [-0.25, -0.2) is 14.3 Å². The number of aliphatic hydroxyl groups is 2. The molecular weight excluding hydrogens is 550 g/mol. The maximum absolute atomic E-state index is 13.1. The van der Waals surface area contributed by atoms with Gasteiger partial charge in [0.1, 0.15) is 24.7 Å². The van der Waals surface area contributed by atoms with E-state index in [1.165, 1.54) is 28.8 Å². The molecule has 4 rings (SSSR count). The third-order valence-electron chi connectivity index (χ3n) is 7.74. The first-order chi connectivity index (χ1) is 19.6.